The fourth-order valence-electron chi connectivity index (χ4n) is 1.64. The number of anilines is 1. The number of nitrogens with one attached hydrogen (secondary N) is 1. The minimum Gasteiger partial charge on any atom is -0.508 e. The number of nitriles is 1. The van der Waals surface area contributed by atoms with E-state index < -0.39 is 5.91 Å². The summed E-state index contributed by atoms with van der Waals surface area (Å²) in [6, 6.07) is 14.7. The molecule has 2 rings (SSSR count). The summed E-state index contributed by atoms with van der Waals surface area (Å²) in [6.45, 7) is 0. The van der Waals surface area contributed by atoms with Gasteiger partial charge < -0.3 is 10.4 Å². The minimum absolute atomic E-state index is 0.0591. The molecule has 0 aromatic heterocycles. The first-order valence-electron chi connectivity index (χ1n) is 6.07. The van der Waals surface area contributed by atoms with Gasteiger partial charge in [-0.25, -0.2) is 0 Å². The summed E-state index contributed by atoms with van der Waals surface area (Å²) >= 11 is 5.99. The Morgan fingerprint density at radius 2 is 1.86 bits per heavy atom. The van der Waals surface area contributed by atoms with Gasteiger partial charge in [0, 0.05) is 10.7 Å². The third kappa shape index (κ3) is 3.85. The molecule has 0 bridgehead atoms. The van der Waals surface area contributed by atoms with E-state index in [2.05, 4.69) is 5.32 Å². The number of carbonyl (C=O) groups is 1. The van der Waals surface area contributed by atoms with Crippen molar-refractivity contribution in [2.45, 2.75) is 0 Å². The van der Waals surface area contributed by atoms with Gasteiger partial charge in [0.2, 0.25) is 0 Å². The van der Waals surface area contributed by atoms with E-state index in [4.69, 9.17) is 16.9 Å². The zero-order valence-corrected chi connectivity index (χ0v) is 11.6. The van der Waals surface area contributed by atoms with Crippen molar-refractivity contribution in [3.63, 3.8) is 0 Å². The molecule has 2 N–H and O–H groups in total. The van der Waals surface area contributed by atoms with Crippen molar-refractivity contribution in [3.8, 4) is 11.8 Å². The van der Waals surface area contributed by atoms with Gasteiger partial charge in [-0.1, -0.05) is 29.8 Å². The number of phenols is 1. The number of nitrogens with zero attached hydrogens (tertiary/aromatic N) is 1. The zero-order chi connectivity index (χ0) is 15.2. The molecule has 5 heteroatoms. The first-order valence-corrected chi connectivity index (χ1v) is 6.44. The summed E-state index contributed by atoms with van der Waals surface area (Å²) in [4.78, 5) is 12.0. The lowest BCUT2D eigenvalue weighted by Gasteiger charge is -2.04. The molecule has 0 atom stereocenters. The zero-order valence-electron chi connectivity index (χ0n) is 10.9. The molecule has 0 heterocycles. The molecule has 0 aliphatic heterocycles. The number of hydrogen-bond acceptors (Lipinski definition) is 3. The van der Waals surface area contributed by atoms with Gasteiger partial charge in [-0.15, -0.1) is 0 Å². The topological polar surface area (TPSA) is 73.1 Å². The second-order valence-corrected chi connectivity index (χ2v) is 4.60. The van der Waals surface area contributed by atoms with Gasteiger partial charge in [0.05, 0.1) is 0 Å². The van der Waals surface area contributed by atoms with Crippen LogP contribution in [0.3, 0.4) is 0 Å². The van der Waals surface area contributed by atoms with Crippen LogP contribution in [0.25, 0.3) is 6.08 Å². The standard InChI is InChI=1S/C16H11ClN2O2/c17-15-4-2-1-3-11(15)9-12(10-18)16(21)19-13-5-7-14(20)8-6-13/h1-9,20H,(H,19,21). The van der Waals surface area contributed by atoms with E-state index in [1.807, 2.05) is 6.07 Å². The third-order valence-electron chi connectivity index (χ3n) is 2.70. The molecule has 1 amide bonds. The van der Waals surface area contributed by atoms with Gasteiger partial charge in [-0.2, -0.15) is 5.26 Å². The fraction of sp³-hybridized carbons (Fsp3) is 0. The number of rotatable bonds is 3. The van der Waals surface area contributed by atoms with Crippen molar-refractivity contribution in [3.05, 3.63) is 64.7 Å². The summed E-state index contributed by atoms with van der Waals surface area (Å²) in [5, 5.41) is 21.3. The number of hydrogen-bond donors (Lipinski definition) is 2. The van der Waals surface area contributed by atoms with E-state index in [0.717, 1.165) is 0 Å². The van der Waals surface area contributed by atoms with Crippen LogP contribution in [0.2, 0.25) is 5.02 Å². The lowest BCUT2D eigenvalue weighted by atomic mass is 10.1. The molecule has 0 unspecified atom stereocenters. The average molecular weight is 299 g/mol. The Morgan fingerprint density at radius 3 is 2.48 bits per heavy atom. The summed E-state index contributed by atoms with van der Waals surface area (Å²) in [7, 11) is 0. The molecule has 4 nitrogen and oxygen atoms in total. The summed E-state index contributed by atoms with van der Waals surface area (Å²) in [5.41, 5.74) is 1.02. The Bertz CT molecular complexity index is 731. The molecule has 0 aliphatic rings. The van der Waals surface area contributed by atoms with Crippen LogP contribution in [0.5, 0.6) is 5.75 Å². The van der Waals surface area contributed by atoms with Gasteiger partial charge in [0.25, 0.3) is 5.91 Å². The number of aromatic hydroxyl groups is 1. The number of carbonyl (C=O) groups excluding carboxylic acids is 1. The number of amides is 1. The smallest absolute Gasteiger partial charge is 0.266 e. The molecule has 0 fully saturated rings. The number of halogens is 1. The Hall–Kier alpha value is -2.77. The highest BCUT2D eigenvalue weighted by Gasteiger charge is 2.10. The predicted molar refractivity (Wildman–Crippen MR) is 81.8 cm³/mol. The molecule has 21 heavy (non-hydrogen) atoms. The molecule has 0 aliphatic carbocycles. The van der Waals surface area contributed by atoms with Crippen LogP contribution in [0.1, 0.15) is 5.56 Å². The Morgan fingerprint density at radius 1 is 1.19 bits per heavy atom. The highest BCUT2D eigenvalue weighted by Crippen LogP contribution is 2.19. The van der Waals surface area contributed by atoms with Crippen LogP contribution in [0.4, 0.5) is 5.69 Å². The van der Waals surface area contributed by atoms with Crippen molar-refractivity contribution in [1.29, 1.82) is 5.26 Å². The maximum absolute atomic E-state index is 12.0. The maximum Gasteiger partial charge on any atom is 0.266 e. The van der Waals surface area contributed by atoms with E-state index in [9.17, 15) is 9.90 Å². The first kappa shape index (κ1) is 14.6. The van der Waals surface area contributed by atoms with Crippen molar-refractivity contribution in [2.24, 2.45) is 0 Å². The van der Waals surface area contributed by atoms with E-state index in [1.54, 1.807) is 24.3 Å². The second kappa shape index (κ2) is 6.60. The van der Waals surface area contributed by atoms with Gasteiger partial charge in [0.15, 0.2) is 0 Å². The van der Waals surface area contributed by atoms with Gasteiger partial charge in [-0.05, 0) is 42.0 Å². The SMILES string of the molecule is N#CC(=Cc1ccccc1Cl)C(=O)Nc1ccc(O)cc1. The Kier molecular flexibility index (Phi) is 4.60. The summed E-state index contributed by atoms with van der Waals surface area (Å²) < 4.78 is 0. The highest BCUT2D eigenvalue weighted by atomic mass is 35.5. The highest BCUT2D eigenvalue weighted by molar-refractivity contribution is 6.32. The summed E-state index contributed by atoms with van der Waals surface area (Å²) in [5.74, 6) is -0.441. The lowest BCUT2D eigenvalue weighted by Crippen LogP contribution is -2.13. The number of benzene rings is 2. The molecule has 0 saturated heterocycles. The normalized spacial score (nSPS) is 10.8. The Labute approximate surface area is 126 Å². The maximum atomic E-state index is 12.0. The Balaban J connectivity index is 2.22. The van der Waals surface area contributed by atoms with E-state index in [1.165, 1.54) is 30.3 Å². The molecule has 0 radical (unpaired) electrons. The molecule has 0 saturated carbocycles. The van der Waals surface area contributed by atoms with Crippen molar-refractivity contribution < 1.29 is 9.90 Å². The van der Waals surface area contributed by atoms with E-state index in [-0.39, 0.29) is 11.3 Å². The van der Waals surface area contributed by atoms with Crippen molar-refractivity contribution in [1.82, 2.24) is 0 Å². The van der Waals surface area contributed by atoms with Crippen LogP contribution in [0.15, 0.2) is 54.1 Å². The van der Waals surface area contributed by atoms with Crippen LogP contribution in [-0.2, 0) is 4.79 Å². The van der Waals surface area contributed by atoms with Crippen LogP contribution >= 0.6 is 11.6 Å². The van der Waals surface area contributed by atoms with Crippen LogP contribution in [0, 0.1) is 11.3 Å². The third-order valence-corrected chi connectivity index (χ3v) is 3.04. The predicted octanol–water partition coefficient (Wildman–Crippen LogP) is 3.59. The van der Waals surface area contributed by atoms with Crippen LogP contribution < -0.4 is 5.32 Å². The van der Waals surface area contributed by atoms with Gasteiger partial charge in [0.1, 0.15) is 17.4 Å². The van der Waals surface area contributed by atoms with Gasteiger partial charge >= 0.3 is 0 Å². The summed E-state index contributed by atoms with van der Waals surface area (Å²) in [6.07, 6.45) is 1.43. The molecular weight excluding hydrogens is 288 g/mol. The van der Waals surface area contributed by atoms with E-state index in [0.29, 0.717) is 16.3 Å². The number of phenolic OH excluding ortho intramolecular Hbond substituents is 1. The average Bonchev–Trinajstić information content (AvgIpc) is 2.48. The molecule has 0 spiro atoms. The van der Waals surface area contributed by atoms with Crippen molar-refractivity contribution in [2.75, 3.05) is 5.32 Å². The molecular formula is C16H11ClN2O2. The largest absolute Gasteiger partial charge is 0.508 e. The van der Waals surface area contributed by atoms with Crippen LogP contribution in [-0.4, -0.2) is 11.0 Å². The van der Waals surface area contributed by atoms with Gasteiger partial charge in [-0.3, -0.25) is 4.79 Å². The minimum atomic E-state index is -0.539. The molecule has 104 valence electrons. The quantitative estimate of drug-likeness (QED) is 0.516. The second-order valence-electron chi connectivity index (χ2n) is 4.19. The monoisotopic (exact) mass is 298 g/mol. The van der Waals surface area contributed by atoms with Crippen molar-refractivity contribution >= 4 is 29.3 Å². The lowest BCUT2D eigenvalue weighted by molar-refractivity contribution is -0.112. The first-order chi connectivity index (χ1) is 10.1. The fourth-order valence-corrected chi connectivity index (χ4v) is 1.83. The molecule has 2 aromatic carbocycles. The van der Waals surface area contributed by atoms with E-state index >= 15 is 0 Å². The molecule has 2 aromatic rings.